The minimum atomic E-state index is -4.63. The van der Waals surface area contributed by atoms with Gasteiger partial charge in [0.2, 0.25) is 0 Å². The Hall–Kier alpha value is -3.98. The number of alkyl halides is 3. The molecule has 0 fully saturated rings. The molecule has 0 bridgehead atoms. The summed E-state index contributed by atoms with van der Waals surface area (Å²) in [6, 6.07) is 15.0. The van der Waals surface area contributed by atoms with E-state index < -0.39 is 23.6 Å². The van der Waals surface area contributed by atoms with Crippen molar-refractivity contribution in [1.82, 2.24) is 10.3 Å². The maximum absolute atomic E-state index is 13.6. The number of halogens is 4. The number of H-pyrrole nitrogens is 1. The van der Waals surface area contributed by atoms with Gasteiger partial charge in [-0.1, -0.05) is 17.7 Å². The van der Waals surface area contributed by atoms with Gasteiger partial charge in [-0.2, -0.15) is 13.2 Å². The zero-order valence-electron chi connectivity index (χ0n) is 19.6. The van der Waals surface area contributed by atoms with E-state index in [1.165, 1.54) is 12.1 Å². The molecule has 0 saturated heterocycles. The number of ether oxygens (including phenoxy) is 1. The number of hydrogen-bond donors (Lipinski definition) is 3. The molecule has 0 unspecified atom stereocenters. The number of aromatic nitrogens is 1. The van der Waals surface area contributed by atoms with E-state index in [1.54, 1.807) is 49.4 Å². The van der Waals surface area contributed by atoms with Crippen molar-refractivity contribution in [3.8, 4) is 11.5 Å². The number of carbonyl (C=O) groups excluding carboxylic acids is 1. The number of rotatable bonds is 8. The fraction of sp³-hybridized carbons (Fsp3) is 0.185. The van der Waals surface area contributed by atoms with E-state index in [0.29, 0.717) is 28.1 Å². The quantitative estimate of drug-likeness (QED) is 0.231. The average molecular weight is 531 g/mol. The van der Waals surface area contributed by atoms with Gasteiger partial charge in [0.05, 0.1) is 5.56 Å². The molecule has 4 rings (SSSR count). The molecule has 0 aliphatic heterocycles. The van der Waals surface area contributed by atoms with Crippen molar-refractivity contribution in [2.45, 2.75) is 32.5 Å². The van der Waals surface area contributed by atoms with Crippen LogP contribution in [-0.4, -0.2) is 22.0 Å². The van der Waals surface area contributed by atoms with Crippen LogP contribution in [0.15, 0.2) is 60.7 Å². The van der Waals surface area contributed by atoms with Crippen LogP contribution in [0.4, 0.5) is 13.2 Å². The highest BCUT2D eigenvalue weighted by molar-refractivity contribution is 6.31. The Labute approximate surface area is 215 Å². The van der Waals surface area contributed by atoms with E-state index in [9.17, 15) is 22.8 Å². The molecule has 0 aliphatic rings. The first-order chi connectivity index (χ1) is 17.5. The molecule has 10 heteroatoms. The van der Waals surface area contributed by atoms with Crippen molar-refractivity contribution < 1.29 is 32.6 Å². The predicted molar refractivity (Wildman–Crippen MR) is 133 cm³/mol. The first-order valence-corrected chi connectivity index (χ1v) is 11.6. The summed E-state index contributed by atoms with van der Waals surface area (Å²) in [5.41, 5.74) is 1.46. The van der Waals surface area contributed by atoms with E-state index >= 15 is 0 Å². The lowest BCUT2D eigenvalue weighted by atomic mass is 10.0. The second-order valence-corrected chi connectivity index (χ2v) is 8.93. The Morgan fingerprint density at radius 3 is 2.43 bits per heavy atom. The second kappa shape index (κ2) is 10.6. The Morgan fingerprint density at radius 2 is 1.73 bits per heavy atom. The van der Waals surface area contributed by atoms with E-state index in [4.69, 9.17) is 21.4 Å². The van der Waals surface area contributed by atoms with Gasteiger partial charge < -0.3 is 20.1 Å². The Kier molecular flexibility index (Phi) is 7.45. The summed E-state index contributed by atoms with van der Waals surface area (Å²) < 4.78 is 46.7. The van der Waals surface area contributed by atoms with Crippen LogP contribution in [0.5, 0.6) is 11.5 Å². The SMILES string of the molecule is Cc1cc(Oc2ccc(C(F)(F)F)c(CNC(=O)c3cc4cc(Cl)ccc4[nH]3)c2)ccc1CCC(=O)O. The number of carboxylic acids is 1. The van der Waals surface area contributed by atoms with Crippen LogP contribution in [0.3, 0.4) is 0 Å². The van der Waals surface area contributed by atoms with Crippen LogP contribution >= 0.6 is 11.6 Å². The van der Waals surface area contributed by atoms with Gasteiger partial charge in [-0.05, 0) is 84.6 Å². The molecule has 3 aromatic carbocycles. The zero-order chi connectivity index (χ0) is 26.7. The van der Waals surface area contributed by atoms with Crippen molar-refractivity contribution in [3.05, 3.63) is 93.6 Å². The van der Waals surface area contributed by atoms with Crippen LogP contribution in [-0.2, 0) is 23.9 Å². The van der Waals surface area contributed by atoms with Gasteiger partial charge in [-0.15, -0.1) is 0 Å². The van der Waals surface area contributed by atoms with Crippen LogP contribution in [0.1, 0.15) is 39.2 Å². The third-order valence-corrected chi connectivity index (χ3v) is 6.04. The maximum atomic E-state index is 13.6. The molecule has 4 aromatic rings. The number of nitrogens with one attached hydrogen (secondary N) is 2. The fourth-order valence-electron chi connectivity index (χ4n) is 3.94. The number of benzene rings is 3. The summed E-state index contributed by atoms with van der Waals surface area (Å²) in [7, 11) is 0. The molecule has 3 N–H and O–H groups in total. The lowest BCUT2D eigenvalue weighted by molar-refractivity contribution is -0.138. The van der Waals surface area contributed by atoms with E-state index in [1.807, 2.05) is 0 Å². The third kappa shape index (κ3) is 6.42. The van der Waals surface area contributed by atoms with E-state index in [0.717, 1.165) is 17.2 Å². The molecule has 1 heterocycles. The Morgan fingerprint density at radius 1 is 1.00 bits per heavy atom. The van der Waals surface area contributed by atoms with Gasteiger partial charge >= 0.3 is 12.1 Å². The normalized spacial score (nSPS) is 11.5. The lowest BCUT2D eigenvalue weighted by Gasteiger charge is -2.16. The first kappa shape index (κ1) is 26.1. The van der Waals surface area contributed by atoms with Crippen molar-refractivity contribution in [1.29, 1.82) is 0 Å². The standard InChI is InChI=1S/C27H22ClF3N2O4/c1-15-10-20(5-2-16(15)3-9-25(34)35)37-21-6-7-22(27(29,30)31)18(12-21)14-32-26(36)24-13-17-11-19(28)4-8-23(17)33-24/h2,4-8,10-13,33H,3,9,14H2,1H3,(H,32,36)(H,34,35). The second-order valence-electron chi connectivity index (χ2n) is 8.50. The molecule has 0 saturated carbocycles. The molecule has 0 atom stereocenters. The number of aromatic amines is 1. The summed E-state index contributed by atoms with van der Waals surface area (Å²) in [6.07, 6.45) is -4.28. The molecule has 0 radical (unpaired) electrons. The molecule has 37 heavy (non-hydrogen) atoms. The molecule has 6 nitrogen and oxygen atoms in total. The zero-order valence-corrected chi connectivity index (χ0v) is 20.3. The molecular formula is C27H22ClF3N2O4. The summed E-state index contributed by atoms with van der Waals surface area (Å²) in [4.78, 5) is 26.4. The maximum Gasteiger partial charge on any atom is 0.416 e. The summed E-state index contributed by atoms with van der Waals surface area (Å²) >= 11 is 5.97. The number of carboxylic acid groups (broad SMARTS) is 1. The minimum absolute atomic E-state index is 0.0126. The van der Waals surface area contributed by atoms with Crippen molar-refractivity contribution in [3.63, 3.8) is 0 Å². The van der Waals surface area contributed by atoms with E-state index in [-0.39, 0.29) is 30.0 Å². The molecular weight excluding hydrogens is 509 g/mol. The number of aliphatic carboxylic acids is 1. The van der Waals surface area contributed by atoms with Gasteiger partial charge in [-0.3, -0.25) is 9.59 Å². The number of aryl methyl sites for hydroxylation is 2. The number of carbonyl (C=O) groups is 2. The third-order valence-electron chi connectivity index (χ3n) is 5.81. The van der Waals surface area contributed by atoms with Crippen LogP contribution in [0, 0.1) is 6.92 Å². The van der Waals surface area contributed by atoms with Crippen LogP contribution in [0.2, 0.25) is 5.02 Å². The number of amides is 1. The summed E-state index contributed by atoms with van der Waals surface area (Å²) in [5, 5.41) is 12.6. The Bertz CT molecular complexity index is 1480. The number of hydrogen-bond acceptors (Lipinski definition) is 3. The first-order valence-electron chi connectivity index (χ1n) is 11.3. The van der Waals surface area contributed by atoms with Crippen LogP contribution < -0.4 is 10.1 Å². The van der Waals surface area contributed by atoms with Gasteiger partial charge in [0, 0.05) is 28.9 Å². The monoisotopic (exact) mass is 530 g/mol. The molecule has 0 spiro atoms. The highest BCUT2D eigenvalue weighted by Crippen LogP contribution is 2.35. The summed E-state index contributed by atoms with van der Waals surface area (Å²) in [6.45, 7) is 1.42. The smallest absolute Gasteiger partial charge is 0.416 e. The van der Waals surface area contributed by atoms with Gasteiger partial charge in [0.25, 0.3) is 5.91 Å². The minimum Gasteiger partial charge on any atom is -0.481 e. The number of fused-ring (bicyclic) bond motifs is 1. The van der Waals surface area contributed by atoms with Crippen molar-refractivity contribution >= 4 is 34.4 Å². The van der Waals surface area contributed by atoms with Crippen molar-refractivity contribution in [2.24, 2.45) is 0 Å². The fourth-order valence-corrected chi connectivity index (χ4v) is 4.12. The topological polar surface area (TPSA) is 91.4 Å². The molecule has 192 valence electrons. The highest BCUT2D eigenvalue weighted by Gasteiger charge is 2.33. The lowest BCUT2D eigenvalue weighted by Crippen LogP contribution is -2.24. The average Bonchev–Trinajstić information content (AvgIpc) is 3.24. The predicted octanol–water partition coefficient (Wildman–Crippen LogP) is 6.89. The summed E-state index contributed by atoms with van der Waals surface area (Å²) in [5.74, 6) is -0.921. The van der Waals surface area contributed by atoms with Gasteiger partial charge in [0.15, 0.2) is 0 Å². The molecule has 1 aromatic heterocycles. The van der Waals surface area contributed by atoms with Crippen LogP contribution in [0.25, 0.3) is 10.9 Å². The van der Waals surface area contributed by atoms with Gasteiger partial charge in [-0.25, -0.2) is 0 Å². The molecule has 1 amide bonds. The molecule has 0 aliphatic carbocycles. The largest absolute Gasteiger partial charge is 0.481 e. The van der Waals surface area contributed by atoms with Crippen molar-refractivity contribution in [2.75, 3.05) is 0 Å². The Balaban J connectivity index is 1.52. The highest BCUT2D eigenvalue weighted by atomic mass is 35.5. The van der Waals surface area contributed by atoms with E-state index in [2.05, 4.69) is 10.3 Å². The van der Waals surface area contributed by atoms with Gasteiger partial charge in [0.1, 0.15) is 17.2 Å².